The zero-order valence-electron chi connectivity index (χ0n) is 11.4. The van der Waals surface area contributed by atoms with Crippen molar-refractivity contribution in [2.75, 3.05) is 13.1 Å². The summed E-state index contributed by atoms with van der Waals surface area (Å²) in [6, 6.07) is -1.72. The summed E-state index contributed by atoms with van der Waals surface area (Å²) in [5.74, 6) is -2.46. The van der Waals surface area contributed by atoms with Crippen LogP contribution in [0, 0.1) is 0 Å². The van der Waals surface area contributed by atoms with E-state index in [1.807, 2.05) is 0 Å². The van der Waals surface area contributed by atoms with Crippen LogP contribution in [0.3, 0.4) is 0 Å². The number of hydroxylamine groups is 2. The van der Waals surface area contributed by atoms with Crippen molar-refractivity contribution >= 4 is 17.6 Å². The first-order valence-corrected chi connectivity index (χ1v) is 5.85. The monoisotopic (exact) mass is 307 g/mol. The molecule has 2 aliphatic heterocycles. The van der Waals surface area contributed by atoms with E-state index in [-0.39, 0.29) is 37.8 Å². The average molecular weight is 307 g/mol. The van der Waals surface area contributed by atoms with Crippen LogP contribution in [0.5, 0.6) is 0 Å². The maximum atomic E-state index is 13.1. The third-order valence-electron chi connectivity index (χ3n) is 3.08. The summed E-state index contributed by atoms with van der Waals surface area (Å²) < 4.78 is 31.2. The molecule has 2 aliphatic rings. The number of carbonyl (C=O) groups is 2. The minimum atomic E-state index is -4.59. The van der Waals surface area contributed by atoms with Crippen LogP contribution in [-0.4, -0.2) is 52.2 Å². The Bertz CT molecular complexity index is 621. The molecule has 1 saturated heterocycles. The first-order chi connectivity index (χ1) is 9.88. The molecule has 1 aromatic heterocycles. The number of urea groups is 1. The van der Waals surface area contributed by atoms with Gasteiger partial charge in [-0.05, 0) is 6.08 Å². The molecule has 22 heavy (non-hydrogen) atoms. The number of amides is 2. The second-order valence-corrected chi connectivity index (χ2v) is 4.48. The molecule has 0 aromatic carbocycles. The first kappa shape index (κ1) is 16.5. The van der Waals surface area contributed by atoms with E-state index in [1.54, 1.807) is 0 Å². The number of aromatic nitrogens is 1. The smallest absolute Gasteiger partial charge is 0.542 e. The van der Waals surface area contributed by atoms with Gasteiger partial charge >= 0.3 is 31.0 Å². The SMILES string of the molecule is O=C1N2CC(c3ncco3)=CC(C2)N1OC(F)(F)C(=O)[O-].[Li+]. The average Bonchev–Trinajstić information content (AvgIpc) is 3.03. The van der Waals surface area contributed by atoms with E-state index >= 15 is 0 Å². The van der Waals surface area contributed by atoms with Gasteiger partial charge in [0.15, 0.2) is 0 Å². The van der Waals surface area contributed by atoms with Crippen molar-refractivity contribution in [3.63, 3.8) is 0 Å². The van der Waals surface area contributed by atoms with Gasteiger partial charge in [-0.25, -0.2) is 9.78 Å². The number of hydrogen-bond acceptors (Lipinski definition) is 6. The zero-order valence-corrected chi connectivity index (χ0v) is 11.4. The summed E-state index contributed by atoms with van der Waals surface area (Å²) in [6.45, 7) is 0.207. The van der Waals surface area contributed by atoms with Crippen LogP contribution in [0.2, 0.25) is 0 Å². The third-order valence-corrected chi connectivity index (χ3v) is 3.08. The predicted molar refractivity (Wildman–Crippen MR) is 58.1 cm³/mol. The zero-order chi connectivity index (χ0) is 15.2. The van der Waals surface area contributed by atoms with Gasteiger partial charge in [0.05, 0.1) is 18.8 Å². The van der Waals surface area contributed by atoms with E-state index in [0.717, 1.165) is 0 Å². The van der Waals surface area contributed by atoms with Gasteiger partial charge in [0.25, 0.3) is 0 Å². The number of nitrogens with zero attached hydrogens (tertiary/aromatic N) is 3. The number of oxazole rings is 1. The number of carboxylic acid groups (broad SMARTS) is 1. The Labute approximate surface area is 134 Å². The van der Waals surface area contributed by atoms with Crippen molar-refractivity contribution in [3.8, 4) is 0 Å². The van der Waals surface area contributed by atoms with Crippen molar-refractivity contribution in [2.24, 2.45) is 0 Å². The van der Waals surface area contributed by atoms with E-state index < -0.39 is 24.2 Å². The molecule has 2 amide bonds. The van der Waals surface area contributed by atoms with E-state index in [2.05, 4.69) is 9.82 Å². The van der Waals surface area contributed by atoms with Crippen molar-refractivity contribution < 1.29 is 51.6 Å². The molecule has 1 aromatic rings. The van der Waals surface area contributed by atoms with E-state index in [9.17, 15) is 23.5 Å². The van der Waals surface area contributed by atoms with E-state index in [0.29, 0.717) is 10.6 Å². The molecule has 11 heteroatoms. The van der Waals surface area contributed by atoms with Gasteiger partial charge in [-0.15, -0.1) is 0 Å². The summed E-state index contributed by atoms with van der Waals surface area (Å²) in [5.41, 5.74) is 0.521. The molecule has 3 rings (SSSR count). The summed E-state index contributed by atoms with van der Waals surface area (Å²) in [4.78, 5) is 31.3. The van der Waals surface area contributed by atoms with Crippen LogP contribution in [-0.2, 0) is 9.63 Å². The standard InChI is InChI=1S/C11H9F2N3O5.Li/c12-11(13,9(17)18)21-16-7-3-6(8-14-1-2-20-8)4-15(5-7)10(16)19;/h1-3,7H,4-5H2,(H,17,18);/q;+1/p-1. The van der Waals surface area contributed by atoms with Gasteiger partial charge in [-0.1, -0.05) is 0 Å². The minimum Gasteiger partial charge on any atom is -0.542 e. The van der Waals surface area contributed by atoms with Crippen molar-refractivity contribution in [2.45, 2.75) is 12.2 Å². The van der Waals surface area contributed by atoms with Crippen LogP contribution in [0.4, 0.5) is 13.6 Å². The number of aliphatic carboxylic acids is 1. The molecule has 0 N–H and O–H groups in total. The van der Waals surface area contributed by atoms with Crippen LogP contribution in [0.15, 0.2) is 23.0 Å². The first-order valence-electron chi connectivity index (χ1n) is 5.85. The molecule has 0 radical (unpaired) electrons. The van der Waals surface area contributed by atoms with Crippen LogP contribution in [0.1, 0.15) is 5.89 Å². The van der Waals surface area contributed by atoms with Gasteiger partial charge in [-0.3, -0.25) is 0 Å². The largest absolute Gasteiger partial charge is 1.00 e. The molecule has 0 saturated carbocycles. The number of alkyl halides is 2. The fraction of sp³-hybridized carbons (Fsp3) is 0.364. The van der Waals surface area contributed by atoms with Crippen LogP contribution >= 0.6 is 0 Å². The Morgan fingerprint density at radius 2 is 2.27 bits per heavy atom. The molecule has 1 unspecified atom stereocenters. The second-order valence-electron chi connectivity index (χ2n) is 4.48. The number of rotatable bonds is 4. The Morgan fingerprint density at radius 3 is 2.86 bits per heavy atom. The molecule has 1 fully saturated rings. The minimum absolute atomic E-state index is 0. The van der Waals surface area contributed by atoms with Crippen molar-refractivity contribution in [1.82, 2.24) is 14.9 Å². The Balaban J connectivity index is 0.00000176. The Hall–Kier alpha value is -1.89. The third kappa shape index (κ3) is 2.72. The molecule has 3 heterocycles. The van der Waals surface area contributed by atoms with Gasteiger partial charge in [0.2, 0.25) is 5.89 Å². The Morgan fingerprint density at radius 1 is 1.55 bits per heavy atom. The molecule has 0 aliphatic carbocycles. The summed E-state index contributed by atoms with van der Waals surface area (Å²) >= 11 is 0. The second kappa shape index (κ2) is 5.72. The van der Waals surface area contributed by atoms with Gasteiger partial charge in [0, 0.05) is 12.1 Å². The summed E-state index contributed by atoms with van der Waals surface area (Å²) in [7, 11) is 0. The normalized spacial score (nSPS) is 20.7. The molecule has 0 spiro atoms. The van der Waals surface area contributed by atoms with Crippen molar-refractivity contribution in [1.29, 1.82) is 0 Å². The van der Waals surface area contributed by atoms with Gasteiger partial charge in [0.1, 0.15) is 12.2 Å². The topological polar surface area (TPSA) is 98.9 Å². The number of fused-ring (bicyclic) bond motifs is 2. The van der Waals surface area contributed by atoms with Crippen molar-refractivity contribution in [3.05, 3.63) is 24.4 Å². The molecular weight excluding hydrogens is 299 g/mol. The number of hydrogen-bond donors (Lipinski definition) is 0. The summed E-state index contributed by atoms with van der Waals surface area (Å²) in [6.07, 6.45) is -0.380. The fourth-order valence-corrected chi connectivity index (χ4v) is 2.19. The maximum absolute atomic E-state index is 13.1. The quantitative estimate of drug-likeness (QED) is 0.534. The molecular formula is C11H8F2LiN3O5. The van der Waals surface area contributed by atoms with E-state index in [4.69, 9.17) is 4.42 Å². The number of halogens is 2. The summed E-state index contributed by atoms with van der Waals surface area (Å²) in [5, 5.41) is 10.6. The predicted octanol–water partition coefficient (Wildman–Crippen LogP) is -3.54. The van der Waals surface area contributed by atoms with Crippen LogP contribution < -0.4 is 24.0 Å². The molecule has 8 nitrogen and oxygen atoms in total. The van der Waals surface area contributed by atoms with Gasteiger partial charge in [-0.2, -0.15) is 18.7 Å². The maximum Gasteiger partial charge on any atom is 1.00 e. The molecule has 2 bridgehead atoms. The number of carboxylic acids is 1. The van der Waals surface area contributed by atoms with Gasteiger partial charge < -0.3 is 19.2 Å². The molecule has 1 atom stereocenters. The Kier molecular flexibility index (Phi) is 4.28. The number of carbonyl (C=O) groups excluding carboxylic acids is 2. The van der Waals surface area contributed by atoms with Crippen LogP contribution in [0.25, 0.3) is 5.57 Å². The van der Waals surface area contributed by atoms with E-state index in [1.165, 1.54) is 23.4 Å². The molecule has 112 valence electrons. The fourth-order valence-electron chi connectivity index (χ4n) is 2.19.